The fourth-order valence-electron chi connectivity index (χ4n) is 1.85. The Morgan fingerprint density at radius 3 is 1.88 bits per heavy atom. The summed E-state index contributed by atoms with van der Waals surface area (Å²) >= 11 is 0. The van der Waals surface area contributed by atoms with Gasteiger partial charge in [0.05, 0.1) is 9.85 Å². The largest absolute Gasteiger partial charge is 0.280 e. The van der Waals surface area contributed by atoms with Gasteiger partial charge in [0.2, 0.25) is 0 Å². The second-order valence-electron chi connectivity index (χ2n) is 4.01. The summed E-state index contributed by atoms with van der Waals surface area (Å²) < 4.78 is 0. The summed E-state index contributed by atoms with van der Waals surface area (Å²) in [6.07, 6.45) is 1.59. The van der Waals surface area contributed by atoms with E-state index in [0.29, 0.717) is 11.1 Å². The highest BCUT2D eigenvalue weighted by molar-refractivity contribution is 5.59. The molecule has 0 spiro atoms. The quantitative estimate of drug-likeness (QED) is 0.581. The average Bonchev–Trinajstić information content (AvgIpc) is 2.99. The minimum Gasteiger partial charge on any atom is -0.258 e. The number of hydrogen-bond donors (Lipinski definition) is 0. The van der Waals surface area contributed by atoms with Gasteiger partial charge in [-0.05, 0) is 31.2 Å². The van der Waals surface area contributed by atoms with Gasteiger partial charge >= 0.3 is 0 Å². The molecule has 1 aromatic carbocycles. The molecule has 0 bridgehead atoms. The third kappa shape index (κ3) is 1.73. The zero-order valence-corrected chi connectivity index (χ0v) is 8.67. The molecule has 1 aliphatic rings. The van der Waals surface area contributed by atoms with Crippen LogP contribution in [0, 0.1) is 27.2 Å². The molecule has 0 saturated heterocycles. The lowest BCUT2D eigenvalue weighted by Gasteiger charge is -2.03. The van der Waals surface area contributed by atoms with Gasteiger partial charge in [-0.1, -0.05) is 0 Å². The molecule has 0 radical (unpaired) electrons. The molecule has 6 nitrogen and oxygen atoms in total. The number of nitro groups is 2. The van der Waals surface area contributed by atoms with Gasteiger partial charge in [0.25, 0.3) is 11.4 Å². The topological polar surface area (TPSA) is 86.3 Å². The van der Waals surface area contributed by atoms with Gasteiger partial charge in [-0.25, -0.2) is 0 Å². The molecule has 1 saturated carbocycles. The van der Waals surface area contributed by atoms with Crippen LogP contribution in [0.3, 0.4) is 0 Å². The highest BCUT2D eigenvalue weighted by atomic mass is 16.6. The number of nitrogens with zero attached hydrogens (tertiary/aromatic N) is 2. The lowest BCUT2D eigenvalue weighted by atomic mass is 10.0. The zero-order valence-electron chi connectivity index (χ0n) is 8.67. The molecule has 1 aromatic rings. The van der Waals surface area contributed by atoms with Crippen molar-refractivity contribution in [3.05, 3.63) is 43.5 Å². The minimum absolute atomic E-state index is 0.0126. The molecule has 0 heterocycles. The Morgan fingerprint density at radius 1 is 1.12 bits per heavy atom. The maximum atomic E-state index is 10.9. The van der Waals surface area contributed by atoms with Crippen molar-refractivity contribution in [1.29, 1.82) is 0 Å². The molecule has 0 aromatic heterocycles. The maximum Gasteiger partial charge on any atom is 0.280 e. The summed E-state index contributed by atoms with van der Waals surface area (Å²) in [5.74, 6) is -0.0126. The first-order valence-electron chi connectivity index (χ1n) is 4.94. The fraction of sp³-hybridized carbons (Fsp3) is 0.400. The summed E-state index contributed by atoms with van der Waals surface area (Å²) in [6, 6.07) is 2.81. The van der Waals surface area contributed by atoms with E-state index in [4.69, 9.17) is 0 Å². The predicted octanol–water partition coefficient (Wildman–Crippen LogP) is 2.69. The number of rotatable bonds is 3. The number of aryl methyl sites for hydroxylation is 1. The van der Waals surface area contributed by atoms with Crippen molar-refractivity contribution in [2.75, 3.05) is 0 Å². The molecule has 16 heavy (non-hydrogen) atoms. The van der Waals surface area contributed by atoms with E-state index in [0.717, 1.165) is 12.8 Å². The molecule has 84 valence electrons. The van der Waals surface area contributed by atoms with E-state index >= 15 is 0 Å². The molecular weight excluding hydrogens is 212 g/mol. The molecule has 2 rings (SSSR count). The van der Waals surface area contributed by atoms with E-state index in [1.54, 1.807) is 6.92 Å². The lowest BCUT2D eigenvalue weighted by Crippen LogP contribution is -2.01. The summed E-state index contributed by atoms with van der Waals surface area (Å²) in [7, 11) is 0. The summed E-state index contributed by atoms with van der Waals surface area (Å²) in [6.45, 7) is 1.62. The summed E-state index contributed by atoms with van der Waals surface area (Å²) in [5, 5.41) is 21.7. The van der Waals surface area contributed by atoms with E-state index in [1.165, 1.54) is 12.1 Å². The van der Waals surface area contributed by atoms with Crippen LogP contribution in [0.5, 0.6) is 0 Å². The average molecular weight is 222 g/mol. The Labute approximate surface area is 91.2 Å². The molecule has 0 atom stereocenters. The highest BCUT2D eigenvalue weighted by Crippen LogP contribution is 2.48. The van der Waals surface area contributed by atoms with Crippen molar-refractivity contribution in [2.24, 2.45) is 0 Å². The SMILES string of the molecule is Cc1cc([N+](=O)[O-])c(C2CC2)c([N+](=O)[O-])c1. The Balaban J connectivity index is 2.67. The van der Waals surface area contributed by atoms with Crippen molar-refractivity contribution in [2.45, 2.75) is 25.7 Å². The monoisotopic (exact) mass is 222 g/mol. The van der Waals surface area contributed by atoms with Crippen LogP contribution in [0.4, 0.5) is 11.4 Å². The first-order chi connectivity index (χ1) is 7.50. The van der Waals surface area contributed by atoms with Crippen molar-refractivity contribution in [1.82, 2.24) is 0 Å². The highest BCUT2D eigenvalue weighted by Gasteiger charge is 2.37. The lowest BCUT2D eigenvalue weighted by molar-refractivity contribution is -0.395. The van der Waals surface area contributed by atoms with Gasteiger partial charge in [0.1, 0.15) is 5.56 Å². The minimum atomic E-state index is -0.534. The summed E-state index contributed by atoms with van der Waals surface area (Å²) in [5.41, 5.74) is 0.604. The van der Waals surface area contributed by atoms with Crippen LogP contribution >= 0.6 is 0 Å². The smallest absolute Gasteiger partial charge is 0.258 e. The fourth-order valence-corrected chi connectivity index (χ4v) is 1.85. The molecule has 6 heteroatoms. The van der Waals surface area contributed by atoms with Gasteiger partial charge in [0, 0.05) is 12.1 Å². The predicted molar refractivity (Wildman–Crippen MR) is 56.5 cm³/mol. The zero-order chi connectivity index (χ0) is 11.9. The van der Waals surface area contributed by atoms with Crippen LogP contribution in [0.15, 0.2) is 12.1 Å². The molecule has 1 aliphatic carbocycles. The van der Waals surface area contributed by atoms with Gasteiger partial charge in [-0.3, -0.25) is 20.2 Å². The molecule has 0 amide bonds. The third-order valence-corrected chi connectivity index (χ3v) is 2.66. The maximum absolute atomic E-state index is 10.9. The molecule has 1 fully saturated rings. The summed E-state index contributed by atoms with van der Waals surface area (Å²) in [4.78, 5) is 20.7. The van der Waals surface area contributed by atoms with Crippen LogP contribution in [-0.2, 0) is 0 Å². The second kappa shape index (κ2) is 3.55. The van der Waals surface area contributed by atoms with Crippen LogP contribution < -0.4 is 0 Å². The van der Waals surface area contributed by atoms with Gasteiger partial charge in [-0.2, -0.15) is 0 Å². The molecular formula is C10H10N2O4. The first kappa shape index (κ1) is 10.5. The van der Waals surface area contributed by atoms with Crippen LogP contribution in [0.2, 0.25) is 0 Å². The van der Waals surface area contributed by atoms with Crippen molar-refractivity contribution in [3.63, 3.8) is 0 Å². The number of nitro benzene ring substituents is 2. The second-order valence-corrected chi connectivity index (χ2v) is 4.01. The number of hydrogen-bond acceptors (Lipinski definition) is 4. The van der Waals surface area contributed by atoms with E-state index < -0.39 is 9.85 Å². The van der Waals surface area contributed by atoms with Crippen LogP contribution in [0.1, 0.15) is 29.9 Å². The van der Waals surface area contributed by atoms with E-state index in [1.807, 2.05) is 0 Å². The van der Waals surface area contributed by atoms with Crippen LogP contribution in [0.25, 0.3) is 0 Å². The first-order valence-corrected chi connectivity index (χ1v) is 4.94. The van der Waals surface area contributed by atoms with Crippen molar-refractivity contribution < 1.29 is 9.85 Å². The van der Waals surface area contributed by atoms with E-state index in [2.05, 4.69) is 0 Å². The standard InChI is InChI=1S/C10H10N2O4/c1-6-4-8(11(13)14)10(7-2-3-7)9(5-6)12(15)16/h4-5,7H,2-3H2,1H3. The molecule has 0 N–H and O–H groups in total. The van der Waals surface area contributed by atoms with Gasteiger partial charge in [0.15, 0.2) is 0 Å². The number of benzene rings is 1. The molecule has 0 unspecified atom stereocenters. The van der Waals surface area contributed by atoms with Gasteiger partial charge < -0.3 is 0 Å². The normalized spacial score (nSPS) is 14.8. The van der Waals surface area contributed by atoms with E-state index in [-0.39, 0.29) is 17.3 Å². The Kier molecular flexibility index (Phi) is 2.34. The van der Waals surface area contributed by atoms with Crippen LogP contribution in [-0.4, -0.2) is 9.85 Å². The molecule has 0 aliphatic heterocycles. The Morgan fingerprint density at radius 2 is 1.56 bits per heavy atom. The van der Waals surface area contributed by atoms with Gasteiger partial charge in [-0.15, -0.1) is 0 Å². The third-order valence-electron chi connectivity index (χ3n) is 2.66. The Hall–Kier alpha value is -1.98. The van der Waals surface area contributed by atoms with Crippen molar-refractivity contribution >= 4 is 11.4 Å². The van der Waals surface area contributed by atoms with Crippen molar-refractivity contribution in [3.8, 4) is 0 Å². The Bertz CT molecular complexity index is 445. The van der Waals surface area contributed by atoms with E-state index in [9.17, 15) is 20.2 Å².